The summed E-state index contributed by atoms with van der Waals surface area (Å²) in [6, 6.07) is 6.24. The van der Waals surface area contributed by atoms with E-state index in [0.29, 0.717) is 0 Å². The van der Waals surface area contributed by atoms with Crippen LogP contribution < -0.4 is 10.9 Å². The molecule has 0 spiro atoms. The number of hydrogen-bond acceptors (Lipinski definition) is 3. The van der Waals surface area contributed by atoms with Gasteiger partial charge in [-0.05, 0) is 12.1 Å². The molecule has 0 aliphatic heterocycles. The Balaban J connectivity index is 2.76. The monoisotopic (exact) mass is 196 g/mol. The number of benzene rings is 1. The summed E-state index contributed by atoms with van der Waals surface area (Å²) in [6.07, 6.45) is 0. The van der Waals surface area contributed by atoms with E-state index in [1.165, 1.54) is 12.1 Å². The van der Waals surface area contributed by atoms with Crippen molar-refractivity contribution in [3.63, 3.8) is 0 Å². The second-order valence-electron chi connectivity index (χ2n) is 2.23. The Morgan fingerprint density at radius 3 is 2.77 bits per heavy atom. The van der Waals surface area contributed by atoms with E-state index >= 15 is 0 Å². The van der Waals surface area contributed by atoms with Crippen molar-refractivity contribution in [2.75, 3.05) is 0 Å². The van der Waals surface area contributed by atoms with Crippen molar-refractivity contribution >= 4 is 23.6 Å². The molecule has 0 unspecified atom stereocenters. The maximum Gasteiger partial charge on any atom is 0.273 e. The van der Waals surface area contributed by atoms with Crippen LogP contribution in [-0.4, -0.2) is 16.5 Å². The Bertz CT molecular complexity index is 328. The molecule has 0 aliphatic rings. The van der Waals surface area contributed by atoms with Gasteiger partial charge < -0.3 is 5.11 Å². The molecule has 4 nitrogen and oxygen atoms in total. The maximum atomic E-state index is 11.2. The fourth-order valence-electron chi connectivity index (χ4n) is 0.828. The minimum absolute atomic E-state index is 0.0637. The van der Waals surface area contributed by atoms with Crippen LogP contribution in [0.2, 0.25) is 0 Å². The Morgan fingerprint density at radius 1 is 1.46 bits per heavy atom. The molecule has 0 saturated heterocycles. The number of hydrazine groups is 1. The molecule has 1 amide bonds. The first kappa shape index (κ1) is 9.47. The molecule has 1 aromatic carbocycles. The largest absolute Gasteiger partial charge is 0.507 e. The van der Waals surface area contributed by atoms with Gasteiger partial charge in [-0.2, -0.15) is 0 Å². The normalized spacial score (nSPS) is 8.92. The summed E-state index contributed by atoms with van der Waals surface area (Å²) in [5.74, 6) is -0.495. The number of aromatic hydroxyl groups is 1. The molecule has 5 heteroatoms. The van der Waals surface area contributed by atoms with Gasteiger partial charge in [-0.15, -0.1) is 0 Å². The average molecular weight is 196 g/mol. The molecule has 0 aliphatic carbocycles. The lowest BCUT2D eigenvalue weighted by Gasteiger charge is -2.04. The van der Waals surface area contributed by atoms with E-state index in [-0.39, 0.29) is 11.3 Å². The number of para-hydroxylation sites is 1. The molecular formula is C8H8N2O2S. The Kier molecular flexibility index (Phi) is 3.22. The molecule has 0 fully saturated rings. The molecule has 68 valence electrons. The van der Waals surface area contributed by atoms with Crippen LogP contribution in [0.3, 0.4) is 0 Å². The van der Waals surface area contributed by atoms with Gasteiger partial charge in [-0.1, -0.05) is 24.4 Å². The third-order valence-corrected chi connectivity index (χ3v) is 1.51. The Hall–Kier alpha value is -1.62. The third kappa shape index (κ3) is 2.41. The molecule has 3 N–H and O–H groups in total. The van der Waals surface area contributed by atoms with E-state index in [4.69, 9.17) is 0 Å². The standard InChI is InChI=1S/C8H8N2O2S/c11-7-4-2-1-3-6(7)8(12)10-9-5-13/h1-5,11H,(H,9,13)(H,10,12). The number of carbonyl (C=O) groups is 1. The van der Waals surface area contributed by atoms with Crippen molar-refractivity contribution in [2.45, 2.75) is 0 Å². The molecule has 13 heavy (non-hydrogen) atoms. The lowest BCUT2D eigenvalue weighted by Crippen LogP contribution is -2.35. The van der Waals surface area contributed by atoms with Crippen molar-refractivity contribution in [2.24, 2.45) is 0 Å². The van der Waals surface area contributed by atoms with Crippen molar-refractivity contribution in [1.82, 2.24) is 10.9 Å². The molecule has 0 saturated carbocycles. The number of carbonyl (C=O) groups excluding carboxylic acids is 1. The number of nitrogens with one attached hydrogen (secondary N) is 2. The predicted molar refractivity (Wildman–Crippen MR) is 52.4 cm³/mol. The molecule has 1 rings (SSSR count). The molecule has 0 heterocycles. The van der Waals surface area contributed by atoms with Gasteiger partial charge >= 0.3 is 0 Å². The maximum absolute atomic E-state index is 11.2. The fraction of sp³-hybridized carbons (Fsp3) is 0. The third-order valence-electron chi connectivity index (χ3n) is 1.39. The molecule has 1 aromatic rings. The highest BCUT2D eigenvalue weighted by Crippen LogP contribution is 2.14. The van der Waals surface area contributed by atoms with E-state index in [1.807, 2.05) is 0 Å². The van der Waals surface area contributed by atoms with E-state index in [9.17, 15) is 9.90 Å². The van der Waals surface area contributed by atoms with Gasteiger partial charge in [0, 0.05) is 0 Å². The van der Waals surface area contributed by atoms with Gasteiger partial charge in [0.2, 0.25) is 0 Å². The van der Waals surface area contributed by atoms with E-state index in [1.54, 1.807) is 12.1 Å². The summed E-state index contributed by atoms with van der Waals surface area (Å²) >= 11 is 4.44. The number of phenols is 1. The first-order chi connectivity index (χ1) is 6.25. The topological polar surface area (TPSA) is 61.4 Å². The molecule has 0 bridgehead atoms. The zero-order valence-corrected chi connectivity index (χ0v) is 7.47. The first-order valence-electron chi connectivity index (χ1n) is 3.53. The summed E-state index contributed by atoms with van der Waals surface area (Å²) in [6.45, 7) is 0. The highest BCUT2D eigenvalue weighted by atomic mass is 32.1. The minimum atomic E-state index is -0.431. The quantitative estimate of drug-likeness (QED) is 0.489. The van der Waals surface area contributed by atoms with Crippen LogP contribution in [0.25, 0.3) is 0 Å². The number of hydrogen-bond donors (Lipinski definition) is 3. The van der Waals surface area contributed by atoms with Crippen LogP contribution in [0.1, 0.15) is 10.4 Å². The van der Waals surface area contributed by atoms with Gasteiger partial charge in [0.1, 0.15) is 5.75 Å². The highest BCUT2D eigenvalue weighted by molar-refractivity contribution is 7.78. The smallest absolute Gasteiger partial charge is 0.273 e. The van der Waals surface area contributed by atoms with Crippen LogP contribution in [0, 0.1) is 0 Å². The number of rotatable bonds is 3. The summed E-state index contributed by atoms with van der Waals surface area (Å²) < 4.78 is 0. The van der Waals surface area contributed by atoms with Crippen LogP contribution in [0.4, 0.5) is 0 Å². The zero-order valence-electron chi connectivity index (χ0n) is 6.65. The number of thiocarbonyl (C=S) groups is 1. The molecule has 0 radical (unpaired) electrons. The molecule has 0 atom stereocenters. The van der Waals surface area contributed by atoms with Gasteiger partial charge in [-0.25, -0.2) is 0 Å². The van der Waals surface area contributed by atoms with Gasteiger partial charge in [0.05, 0.1) is 11.1 Å². The van der Waals surface area contributed by atoms with Crippen LogP contribution in [-0.2, 0) is 0 Å². The summed E-state index contributed by atoms with van der Waals surface area (Å²) in [4.78, 5) is 11.2. The van der Waals surface area contributed by atoms with Crippen LogP contribution in [0.5, 0.6) is 5.75 Å². The van der Waals surface area contributed by atoms with Crippen molar-refractivity contribution in [3.8, 4) is 5.75 Å². The van der Waals surface area contributed by atoms with Crippen LogP contribution >= 0.6 is 12.2 Å². The van der Waals surface area contributed by atoms with Crippen LogP contribution in [0.15, 0.2) is 24.3 Å². The zero-order chi connectivity index (χ0) is 9.68. The lowest BCUT2D eigenvalue weighted by atomic mass is 10.2. The average Bonchev–Trinajstić information content (AvgIpc) is 2.15. The second kappa shape index (κ2) is 4.42. The van der Waals surface area contributed by atoms with Gasteiger partial charge in [-0.3, -0.25) is 15.6 Å². The summed E-state index contributed by atoms with van der Waals surface area (Å²) in [5, 5.41) is 9.26. The second-order valence-corrected chi connectivity index (χ2v) is 2.47. The fourth-order valence-corrected chi connectivity index (χ4v) is 0.887. The van der Waals surface area contributed by atoms with Crippen molar-refractivity contribution in [1.29, 1.82) is 0 Å². The number of amides is 1. The van der Waals surface area contributed by atoms with Crippen molar-refractivity contribution in [3.05, 3.63) is 29.8 Å². The Labute approximate surface area is 80.5 Å². The predicted octanol–water partition coefficient (Wildman–Crippen LogP) is 0.584. The van der Waals surface area contributed by atoms with Crippen molar-refractivity contribution < 1.29 is 9.90 Å². The van der Waals surface area contributed by atoms with Gasteiger partial charge in [0.25, 0.3) is 5.91 Å². The molecular weight excluding hydrogens is 188 g/mol. The number of phenolic OH excluding ortho intramolecular Hbond substituents is 1. The van der Waals surface area contributed by atoms with E-state index in [2.05, 4.69) is 23.1 Å². The van der Waals surface area contributed by atoms with Gasteiger partial charge in [0.15, 0.2) is 0 Å². The molecule has 0 aromatic heterocycles. The Morgan fingerprint density at radius 2 is 2.15 bits per heavy atom. The SMILES string of the molecule is O=C(NNC=S)c1ccccc1O. The highest BCUT2D eigenvalue weighted by Gasteiger charge is 2.07. The van der Waals surface area contributed by atoms with E-state index < -0.39 is 5.91 Å². The summed E-state index contributed by atoms with van der Waals surface area (Å²) in [5.41, 5.74) is 6.00. The lowest BCUT2D eigenvalue weighted by molar-refractivity contribution is 0.0942. The minimum Gasteiger partial charge on any atom is -0.507 e. The van der Waals surface area contributed by atoms with E-state index in [0.717, 1.165) is 5.49 Å². The first-order valence-corrected chi connectivity index (χ1v) is 4.00. The summed E-state index contributed by atoms with van der Waals surface area (Å²) in [7, 11) is 0.